The first-order chi connectivity index (χ1) is 13.1. The normalized spacial score (nSPS) is 10.9. The Hall–Kier alpha value is -3.23. The summed E-state index contributed by atoms with van der Waals surface area (Å²) in [7, 11) is -1.56. The smallest absolute Gasteiger partial charge is 0.423 e. The minimum atomic E-state index is -1.56. The predicted octanol–water partition coefficient (Wildman–Crippen LogP) is 1.42. The number of rotatable bonds is 5. The lowest BCUT2D eigenvalue weighted by atomic mass is 9.78. The first kappa shape index (κ1) is 17.2. The van der Waals surface area contributed by atoms with Crippen LogP contribution in [0.2, 0.25) is 0 Å². The molecule has 0 amide bonds. The van der Waals surface area contributed by atoms with Gasteiger partial charge in [-0.2, -0.15) is 14.8 Å². The van der Waals surface area contributed by atoms with Gasteiger partial charge in [-0.15, -0.1) is 0 Å². The van der Waals surface area contributed by atoms with E-state index in [1.165, 1.54) is 0 Å². The summed E-state index contributed by atoms with van der Waals surface area (Å²) in [5.41, 5.74) is 3.19. The van der Waals surface area contributed by atoms with Crippen molar-refractivity contribution in [1.82, 2.24) is 19.7 Å². The van der Waals surface area contributed by atoms with E-state index in [9.17, 15) is 10.0 Å². The van der Waals surface area contributed by atoms with Crippen molar-refractivity contribution < 1.29 is 10.0 Å². The Kier molecular flexibility index (Phi) is 4.58. The fourth-order valence-corrected chi connectivity index (χ4v) is 2.95. The fraction of sp³-hybridized carbons (Fsp3) is 0.105. The molecule has 8 heteroatoms. The average Bonchev–Trinajstić information content (AvgIpc) is 3.12. The minimum absolute atomic E-state index is 0.397. The van der Waals surface area contributed by atoms with Crippen LogP contribution in [0.1, 0.15) is 11.1 Å². The molecule has 0 atom stereocenters. The van der Waals surface area contributed by atoms with E-state index in [1.807, 2.05) is 43.3 Å². The van der Waals surface area contributed by atoms with E-state index in [4.69, 9.17) is 0 Å². The second-order valence-electron chi connectivity index (χ2n) is 6.25. The van der Waals surface area contributed by atoms with Crippen LogP contribution in [0.4, 0.5) is 5.82 Å². The van der Waals surface area contributed by atoms with E-state index in [2.05, 4.69) is 20.4 Å². The summed E-state index contributed by atoms with van der Waals surface area (Å²) in [5.74, 6) is 1.14. The number of hydrogen-bond acceptors (Lipinski definition) is 6. The van der Waals surface area contributed by atoms with Crippen LogP contribution in [-0.4, -0.2) is 36.9 Å². The molecule has 0 saturated heterocycles. The molecule has 0 bridgehead atoms. The molecule has 2 aromatic carbocycles. The molecule has 0 saturated carbocycles. The van der Waals surface area contributed by atoms with Gasteiger partial charge >= 0.3 is 7.12 Å². The maximum Gasteiger partial charge on any atom is 0.489 e. The van der Waals surface area contributed by atoms with Crippen LogP contribution in [0.25, 0.3) is 16.9 Å². The molecular formula is C19H18BN5O2. The molecule has 134 valence electrons. The number of nitrogens with zero attached hydrogens (tertiary/aromatic N) is 4. The van der Waals surface area contributed by atoms with Crippen molar-refractivity contribution in [2.45, 2.75) is 13.5 Å². The van der Waals surface area contributed by atoms with Gasteiger partial charge in [-0.25, -0.2) is 4.98 Å². The van der Waals surface area contributed by atoms with Gasteiger partial charge in [-0.05, 0) is 24.0 Å². The second-order valence-corrected chi connectivity index (χ2v) is 6.25. The summed E-state index contributed by atoms with van der Waals surface area (Å²) in [5, 5.41) is 27.4. The van der Waals surface area contributed by atoms with Gasteiger partial charge in [-0.1, -0.05) is 42.5 Å². The molecule has 27 heavy (non-hydrogen) atoms. The molecule has 0 radical (unpaired) electrons. The zero-order chi connectivity index (χ0) is 18.8. The van der Waals surface area contributed by atoms with Crippen molar-refractivity contribution in [3.8, 4) is 5.95 Å². The highest BCUT2D eigenvalue weighted by atomic mass is 16.4. The molecule has 0 aliphatic carbocycles. The van der Waals surface area contributed by atoms with Gasteiger partial charge in [0.2, 0.25) is 0 Å². The fourth-order valence-electron chi connectivity index (χ4n) is 2.95. The van der Waals surface area contributed by atoms with Crippen LogP contribution in [0.5, 0.6) is 0 Å². The van der Waals surface area contributed by atoms with E-state index in [0.29, 0.717) is 28.9 Å². The van der Waals surface area contributed by atoms with Gasteiger partial charge in [0.1, 0.15) is 5.82 Å². The monoisotopic (exact) mass is 359 g/mol. The first-order valence-electron chi connectivity index (χ1n) is 8.58. The Morgan fingerprint density at radius 1 is 1.04 bits per heavy atom. The van der Waals surface area contributed by atoms with Gasteiger partial charge in [-0.3, -0.25) is 0 Å². The summed E-state index contributed by atoms with van der Waals surface area (Å²) in [6, 6.07) is 15.3. The molecule has 2 aromatic heterocycles. The SMILES string of the molecule is Cc1cnc(-n2ncc3c(B(O)O)cccc32)nc1NCc1ccccc1. The van der Waals surface area contributed by atoms with Gasteiger partial charge in [0.25, 0.3) is 5.95 Å². The van der Waals surface area contributed by atoms with Crippen molar-refractivity contribution in [2.24, 2.45) is 0 Å². The number of aromatic nitrogens is 4. The van der Waals surface area contributed by atoms with Crippen LogP contribution in [0.15, 0.2) is 60.9 Å². The van der Waals surface area contributed by atoms with Gasteiger partial charge in [0.05, 0.1) is 11.7 Å². The molecule has 4 aromatic rings. The van der Waals surface area contributed by atoms with E-state index < -0.39 is 7.12 Å². The molecule has 0 fully saturated rings. The number of aryl methyl sites for hydroxylation is 1. The maximum atomic E-state index is 9.54. The summed E-state index contributed by atoms with van der Waals surface area (Å²) in [6.45, 7) is 2.59. The van der Waals surface area contributed by atoms with Crippen molar-refractivity contribution in [1.29, 1.82) is 0 Å². The number of benzene rings is 2. The highest BCUT2D eigenvalue weighted by molar-refractivity contribution is 6.61. The van der Waals surface area contributed by atoms with Crippen molar-refractivity contribution in [3.63, 3.8) is 0 Å². The van der Waals surface area contributed by atoms with Gasteiger partial charge in [0.15, 0.2) is 0 Å². The quantitative estimate of drug-likeness (QED) is 0.467. The Balaban J connectivity index is 1.69. The third kappa shape index (κ3) is 3.40. The van der Waals surface area contributed by atoms with Gasteiger partial charge < -0.3 is 15.4 Å². The van der Waals surface area contributed by atoms with E-state index in [1.54, 1.807) is 29.2 Å². The summed E-state index contributed by atoms with van der Waals surface area (Å²) in [4.78, 5) is 8.99. The molecule has 0 spiro atoms. The topological polar surface area (TPSA) is 96.1 Å². The second kappa shape index (κ2) is 7.18. The molecule has 4 rings (SSSR count). The highest BCUT2D eigenvalue weighted by Crippen LogP contribution is 2.18. The zero-order valence-electron chi connectivity index (χ0n) is 14.7. The Bertz CT molecular complexity index is 1080. The molecular weight excluding hydrogens is 341 g/mol. The molecule has 0 aliphatic rings. The molecule has 2 heterocycles. The number of fused-ring (bicyclic) bond motifs is 1. The van der Waals surface area contributed by atoms with Crippen LogP contribution >= 0.6 is 0 Å². The third-order valence-corrected chi connectivity index (χ3v) is 4.38. The van der Waals surface area contributed by atoms with Crippen molar-refractivity contribution in [3.05, 3.63) is 72.1 Å². The first-order valence-corrected chi connectivity index (χ1v) is 8.58. The predicted molar refractivity (Wildman–Crippen MR) is 105 cm³/mol. The standard InChI is InChI=1S/C19H18BN5O2/c1-13-10-22-19(24-18(13)21-11-14-6-3-2-4-7-14)25-17-9-5-8-16(20(26)27)15(17)12-23-25/h2-10,12,26-27H,11H2,1H3,(H,21,22,24). The Labute approximate surface area is 156 Å². The largest absolute Gasteiger partial charge is 0.489 e. The van der Waals surface area contributed by atoms with E-state index >= 15 is 0 Å². The molecule has 7 nitrogen and oxygen atoms in total. The Morgan fingerprint density at radius 2 is 1.85 bits per heavy atom. The van der Waals surface area contributed by atoms with E-state index in [-0.39, 0.29) is 0 Å². The highest BCUT2D eigenvalue weighted by Gasteiger charge is 2.18. The Morgan fingerprint density at radius 3 is 2.63 bits per heavy atom. The third-order valence-electron chi connectivity index (χ3n) is 4.38. The van der Waals surface area contributed by atoms with Crippen LogP contribution in [0, 0.1) is 6.92 Å². The summed E-state index contributed by atoms with van der Waals surface area (Å²) < 4.78 is 1.59. The summed E-state index contributed by atoms with van der Waals surface area (Å²) in [6.07, 6.45) is 3.33. The maximum absolute atomic E-state index is 9.54. The van der Waals surface area contributed by atoms with Gasteiger partial charge in [0, 0.05) is 23.7 Å². The lowest BCUT2D eigenvalue weighted by Gasteiger charge is -2.10. The molecule has 0 aliphatic heterocycles. The number of nitrogens with one attached hydrogen (secondary N) is 1. The number of anilines is 1. The number of hydrogen-bond donors (Lipinski definition) is 3. The average molecular weight is 359 g/mol. The van der Waals surface area contributed by atoms with Crippen LogP contribution < -0.4 is 10.8 Å². The zero-order valence-corrected chi connectivity index (χ0v) is 14.7. The lowest BCUT2D eigenvalue weighted by molar-refractivity contribution is 0.426. The summed E-state index contributed by atoms with van der Waals surface area (Å²) >= 11 is 0. The van der Waals surface area contributed by atoms with Crippen LogP contribution in [0.3, 0.4) is 0 Å². The molecule has 3 N–H and O–H groups in total. The molecule has 0 unspecified atom stereocenters. The lowest BCUT2D eigenvalue weighted by Crippen LogP contribution is -2.30. The minimum Gasteiger partial charge on any atom is -0.423 e. The van der Waals surface area contributed by atoms with E-state index in [0.717, 1.165) is 16.9 Å². The van der Waals surface area contributed by atoms with Crippen molar-refractivity contribution in [2.75, 3.05) is 5.32 Å². The van der Waals surface area contributed by atoms with Crippen LogP contribution in [-0.2, 0) is 6.54 Å². The van der Waals surface area contributed by atoms with Crippen molar-refractivity contribution >= 4 is 29.3 Å².